The summed E-state index contributed by atoms with van der Waals surface area (Å²) in [6.07, 6.45) is 0. The van der Waals surface area contributed by atoms with Gasteiger partial charge in [0.15, 0.2) is 0 Å². The lowest BCUT2D eigenvalue weighted by atomic mass is 9.98. The van der Waals surface area contributed by atoms with Gasteiger partial charge in [-0.1, -0.05) is 55.8 Å². The van der Waals surface area contributed by atoms with Gasteiger partial charge >= 0.3 is 0 Å². The van der Waals surface area contributed by atoms with Crippen molar-refractivity contribution < 1.29 is 4.79 Å². The van der Waals surface area contributed by atoms with E-state index in [0.29, 0.717) is 12.5 Å². The third-order valence-electron chi connectivity index (χ3n) is 4.66. The second-order valence-corrected chi connectivity index (χ2v) is 7.20. The number of carbonyl (C=O) groups is 1. The van der Waals surface area contributed by atoms with Crippen molar-refractivity contribution in [2.24, 2.45) is 0 Å². The topological polar surface area (TPSA) is 41.1 Å². The summed E-state index contributed by atoms with van der Waals surface area (Å²) in [5.74, 6) is 0.366. The van der Waals surface area contributed by atoms with Crippen LogP contribution in [-0.4, -0.2) is 12.5 Å². The fourth-order valence-electron chi connectivity index (χ4n) is 3.11. The van der Waals surface area contributed by atoms with Crippen molar-refractivity contribution in [3.8, 4) is 0 Å². The Morgan fingerprint density at radius 3 is 2.36 bits per heavy atom. The van der Waals surface area contributed by atoms with E-state index in [2.05, 4.69) is 69.5 Å². The molecule has 25 heavy (non-hydrogen) atoms. The van der Waals surface area contributed by atoms with Crippen molar-refractivity contribution in [2.45, 2.75) is 53.5 Å². The first-order valence-electron chi connectivity index (χ1n) is 8.99. The lowest BCUT2D eigenvalue weighted by Crippen LogP contribution is -2.31. The number of amides is 1. The smallest absolute Gasteiger partial charge is 0.238 e. The van der Waals surface area contributed by atoms with Gasteiger partial charge in [0.1, 0.15) is 0 Å². The maximum Gasteiger partial charge on any atom is 0.238 e. The van der Waals surface area contributed by atoms with Crippen LogP contribution >= 0.6 is 0 Å². The van der Waals surface area contributed by atoms with Crippen LogP contribution in [0.15, 0.2) is 36.4 Å². The molecule has 0 spiro atoms. The van der Waals surface area contributed by atoms with E-state index in [1.165, 1.54) is 22.3 Å². The molecule has 0 aliphatic heterocycles. The molecule has 3 heteroatoms. The second kappa shape index (κ2) is 8.30. The van der Waals surface area contributed by atoms with Gasteiger partial charge in [0.2, 0.25) is 5.91 Å². The molecular formula is C22H30N2O. The van der Waals surface area contributed by atoms with E-state index < -0.39 is 0 Å². The number of carbonyl (C=O) groups excluding carboxylic acids is 1. The minimum absolute atomic E-state index is 0.00615. The highest BCUT2D eigenvalue weighted by atomic mass is 16.1. The van der Waals surface area contributed by atoms with Gasteiger partial charge in [-0.25, -0.2) is 0 Å². The largest absolute Gasteiger partial charge is 0.324 e. The van der Waals surface area contributed by atoms with Gasteiger partial charge < -0.3 is 10.6 Å². The lowest BCUT2D eigenvalue weighted by molar-refractivity contribution is -0.115. The molecule has 0 heterocycles. The molecule has 0 aromatic heterocycles. The Morgan fingerprint density at radius 2 is 1.68 bits per heavy atom. The van der Waals surface area contributed by atoms with Crippen LogP contribution in [0.4, 0.5) is 5.69 Å². The third-order valence-corrected chi connectivity index (χ3v) is 4.66. The molecule has 3 nitrogen and oxygen atoms in total. The van der Waals surface area contributed by atoms with Crippen molar-refractivity contribution in [1.29, 1.82) is 0 Å². The summed E-state index contributed by atoms with van der Waals surface area (Å²) in [5.41, 5.74) is 6.94. The molecule has 0 bridgehead atoms. The summed E-state index contributed by atoms with van der Waals surface area (Å²) < 4.78 is 0. The molecule has 0 fully saturated rings. The van der Waals surface area contributed by atoms with Crippen LogP contribution in [0.1, 0.15) is 60.5 Å². The van der Waals surface area contributed by atoms with Crippen LogP contribution in [0.3, 0.4) is 0 Å². The van der Waals surface area contributed by atoms with E-state index in [4.69, 9.17) is 0 Å². The van der Waals surface area contributed by atoms with Crippen LogP contribution in [0.2, 0.25) is 0 Å². The Bertz CT molecular complexity index is 750. The zero-order chi connectivity index (χ0) is 18.6. The SMILES string of the molecule is Cc1ccc(C)c([C@H](C)NCC(=O)Nc2c(C)cccc2C(C)C)c1. The van der Waals surface area contributed by atoms with E-state index in [9.17, 15) is 4.79 Å². The summed E-state index contributed by atoms with van der Waals surface area (Å²) in [6, 6.07) is 12.7. The van der Waals surface area contributed by atoms with Gasteiger partial charge in [0.25, 0.3) is 0 Å². The Morgan fingerprint density at radius 1 is 0.960 bits per heavy atom. The molecule has 0 aliphatic carbocycles. The number of anilines is 1. The first-order chi connectivity index (χ1) is 11.8. The van der Waals surface area contributed by atoms with Crippen LogP contribution in [-0.2, 0) is 4.79 Å². The van der Waals surface area contributed by atoms with Crippen molar-refractivity contribution in [3.63, 3.8) is 0 Å². The maximum absolute atomic E-state index is 12.5. The molecule has 2 aromatic rings. The zero-order valence-electron chi connectivity index (χ0n) is 16.2. The first kappa shape index (κ1) is 19.2. The summed E-state index contributed by atoms with van der Waals surface area (Å²) in [4.78, 5) is 12.5. The minimum atomic E-state index is -0.00615. The highest BCUT2D eigenvalue weighted by molar-refractivity contribution is 5.94. The first-order valence-corrected chi connectivity index (χ1v) is 8.99. The number of aryl methyl sites for hydroxylation is 3. The predicted octanol–water partition coefficient (Wildman–Crippen LogP) is 5.02. The van der Waals surface area contributed by atoms with E-state index in [-0.39, 0.29) is 11.9 Å². The molecule has 0 unspecified atom stereocenters. The quantitative estimate of drug-likeness (QED) is 0.776. The third kappa shape index (κ3) is 4.93. The standard InChI is InChI=1S/C22H30N2O/c1-14(2)19-9-7-8-17(5)22(19)24-21(25)13-23-18(6)20-12-15(3)10-11-16(20)4/h7-12,14,18,23H,13H2,1-6H3,(H,24,25)/t18-/m0/s1. The minimum Gasteiger partial charge on any atom is -0.324 e. The highest BCUT2D eigenvalue weighted by Gasteiger charge is 2.14. The average Bonchev–Trinajstić information content (AvgIpc) is 2.56. The monoisotopic (exact) mass is 338 g/mol. The number of hydrogen-bond donors (Lipinski definition) is 2. The molecule has 2 N–H and O–H groups in total. The van der Waals surface area contributed by atoms with Crippen LogP contribution in [0.25, 0.3) is 0 Å². The van der Waals surface area contributed by atoms with Crippen molar-refractivity contribution in [1.82, 2.24) is 5.32 Å². The van der Waals surface area contributed by atoms with Gasteiger partial charge in [-0.3, -0.25) is 4.79 Å². The Labute approximate surface area is 151 Å². The summed E-state index contributed by atoms with van der Waals surface area (Å²) >= 11 is 0. The molecule has 2 aromatic carbocycles. The number of nitrogens with one attached hydrogen (secondary N) is 2. The van der Waals surface area contributed by atoms with Gasteiger partial charge in [0, 0.05) is 11.7 Å². The summed E-state index contributed by atoms with van der Waals surface area (Å²) in [5, 5.41) is 6.43. The molecule has 0 saturated carbocycles. The lowest BCUT2D eigenvalue weighted by Gasteiger charge is -2.19. The van der Waals surface area contributed by atoms with Crippen molar-refractivity contribution in [3.05, 3.63) is 64.2 Å². The van der Waals surface area contributed by atoms with E-state index >= 15 is 0 Å². The number of benzene rings is 2. The van der Waals surface area contributed by atoms with Crippen LogP contribution in [0, 0.1) is 20.8 Å². The summed E-state index contributed by atoms with van der Waals surface area (Å²) in [6.45, 7) is 12.9. The molecule has 1 amide bonds. The average molecular weight is 338 g/mol. The Balaban J connectivity index is 2.03. The van der Waals surface area contributed by atoms with Gasteiger partial charge in [-0.05, 0) is 55.9 Å². The molecule has 2 rings (SSSR count). The predicted molar refractivity (Wildman–Crippen MR) is 106 cm³/mol. The van der Waals surface area contributed by atoms with Crippen LogP contribution < -0.4 is 10.6 Å². The molecule has 0 aliphatic rings. The van der Waals surface area contributed by atoms with Crippen LogP contribution in [0.5, 0.6) is 0 Å². The number of hydrogen-bond acceptors (Lipinski definition) is 2. The molecule has 0 radical (unpaired) electrons. The van der Waals surface area contributed by atoms with Gasteiger partial charge in [-0.15, -0.1) is 0 Å². The normalized spacial score (nSPS) is 12.3. The van der Waals surface area contributed by atoms with Gasteiger partial charge in [-0.2, -0.15) is 0 Å². The highest BCUT2D eigenvalue weighted by Crippen LogP contribution is 2.27. The molecule has 1 atom stereocenters. The fourth-order valence-corrected chi connectivity index (χ4v) is 3.11. The van der Waals surface area contributed by atoms with Gasteiger partial charge in [0.05, 0.1) is 6.54 Å². The fraction of sp³-hybridized carbons (Fsp3) is 0.409. The zero-order valence-corrected chi connectivity index (χ0v) is 16.2. The molecule has 134 valence electrons. The van der Waals surface area contributed by atoms with E-state index in [1.54, 1.807) is 0 Å². The van der Waals surface area contributed by atoms with E-state index in [0.717, 1.165) is 11.3 Å². The Kier molecular flexibility index (Phi) is 6.38. The number of para-hydroxylation sites is 1. The van der Waals surface area contributed by atoms with Crippen molar-refractivity contribution >= 4 is 11.6 Å². The maximum atomic E-state index is 12.5. The summed E-state index contributed by atoms with van der Waals surface area (Å²) in [7, 11) is 0. The molecular weight excluding hydrogens is 308 g/mol. The number of rotatable bonds is 6. The Hall–Kier alpha value is -2.13. The van der Waals surface area contributed by atoms with Crippen molar-refractivity contribution in [2.75, 3.05) is 11.9 Å². The second-order valence-electron chi connectivity index (χ2n) is 7.20. The van der Waals surface area contributed by atoms with E-state index in [1.807, 2.05) is 19.1 Å². The molecule has 0 saturated heterocycles.